The van der Waals surface area contributed by atoms with Gasteiger partial charge in [0.25, 0.3) is 5.91 Å². The summed E-state index contributed by atoms with van der Waals surface area (Å²) in [6.07, 6.45) is 0.0461. The van der Waals surface area contributed by atoms with E-state index in [1.807, 2.05) is 36.9 Å². The van der Waals surface area contributed by atoms with Crippen molar-refractivity contribution in [2.24, 2.45) is 0 Å². The van der Waals surface area contributed by atoms with Gasteiger partial charge in [0, 0.05) is 18.8 Å². The highest BCUT2D eigenvalue weighted by atomic mass is 19.1. The fraction of sp³-hybridized carbons (Fsp3) is 0.316. The van der Waals surface area contributed by atoms with Crippen molar-refractivity contribution in [3.63, 3.8) is 0 Å². The molecular formula is C19H21FN2O2. The van der Waals surface area contributed by atoms with E-state index in [-0.39, 0.29) is 23.9 Å². The molecule has 2 aromatic carbocycles. The molecule has 1 N–H and O–H groups in total. The lowest BCUT2D eigenvalue weighted by molar-refractivity contribution is -0.0585. The van der Waals surface area contributed by atoms with Gasteiger partial charge in [-0.1, -0.05) is 12.1 Å². The van der Waals surface area contributed by atoms with E-state index in [1.165, 1.54) is 12.1 Å². The van der Waals surface area contributed by atoms with Crippen LogP contribution in [-0.2, 0) is 4.74 Å². The van der Waals surface area contributed by atoms with Crippen molar-refractivity contribution in [3.05, 3.63) is 59.9 Å². The number of morpholine rings is 1. The molecule has 1 fully saturated rings. The third kappa shape index (κ3) is 3.74. The largest absolute Gasteiger partial charge is 0.372 e. The summed E-state index contributed by atoms with van der Waals surface area (Å²) >= 11 is 0. The zero-order valence-electron chi connectivity index (χ0n) is 13.8. The van der Waals surface area contributed by atoms with E-state index >= 15 is 0 Å². The third-order valence-corrected chi connectivity index (χ3v) is 3.99. The van der Waals surface area contributed by atoms with Crippen LogP contribution in [0.4, 0.5) is 15.8 Å². The number of nitrogens with zero attached hydrogens (tertiary/aromatic N) is 1. The van der Waals surface area contributed by atoms with Crippen molar-refractivity contribution in [3.8, 4) is 0 Å². The molecule has 2 atom stereocenters. The molecule has 5 heteroatoms. The molecule has 1 amide bonds. The number of nitrogens with one attached hydrogen (secondary N) is 1. The first-order valence-electron chi connectivity index (χ1n) is 8.09. The van der Waals surface area contributed by atoms with E-state index in [0.717, 1.165) is 5.69 Å². The minimum atomic E-state index is -0.291. The predicted molar refractivity (Wildman–Crippen MR) is 92.0 cm³/mol. The smallest absolute Gasteiger partial charge is 0.256 e. The third-order valence-electron chi connectivity index (χ3n) is 3.99. The Balaban J connectivity index is 1.83. The number of halogens is 1. The van der Waals surface area contributed by atoms with Crippen molar-refractivity contribution in [2.45, 2.75) is 26.1 Å². The fourth-order valence-corrected chi connectivity index (χ4v) is 2.98. The summed E-state index contributed by atoms with van der Waals surface area (Å²) in [5, 5.41) is 3.20. The van der Waals surface area contributed by atoms with Gasteiger partial charge in [-0.05, 0) is 50.2 Å². The molecule has 1 heterocycles. The molecule has 2 unspecified atom stereocenters. The van der Waals surface area contributed by atoms with Crippen LogP contribution in [0.15, 0.2) is 48.5 Å². The predicted octanol–water partition coefficient (Wildman–Crippen LogP) is 3.82. The highest BCUT2D eigenvalue weighted by Crippen LogP contribution is 2.24. The van der Waals surface area contributed by atoms with E-state index in [1.54, 1.807) is 18.2 Å². The van der Waals surface area contributed by atoms with Crippen molar-refractivity contribution in [1.29, 1.82) is 0 Å². The van der Waals surface area contributed by atoms with Gasteiger partial charge in [0.15, 0.2) is 0 Å². The summed E-state index contributed by atoms with van der Waals surface area (Å²) in [6.45, 7) is 5.10. The quantitative estimate of drug-likeness (QED) is 0.931. The Morgan fingerprint density at radius 3 is 2.38 bits per heavy atom. The first kappa shape index (κ1) is 16.5. The van der Waals surface area contributed by atoms with Gasteiger partial charge >= 0.3 is 0 Å². The van der Waals surface area contributed by atoms with Crippen LogP contribution in [0.5, 0.6) is 0 Å². The lowest BCUT2D eigenvalue weighted by atomic mass is 10.1. The molecule has 0 aromatic heterocycles. The van der Waals surface area contributed by atoms with Crippen LogP contribution < -0.4 is 5.32 Å². The minimum Gasteiger partial charge on any atom is -0.372 e. The van der Waals surface area contributed by atoms with Gasteiger partial charge in [-0.25, -0.2) is 4.39 Å². The maximum atomic E-state index is 13.0. The molecule has 0 bridgehead atoms. The monoisotopic (exact) mass is 328 g/mol. The number of amides is 1. The van der Waals surface area contributed by atoms with Crippen LogP contribution in [0.25, 0.3) is 0 Å². The minimum absolute atomic E-state index is 0.0231. The lowest BCUT2D eigenvalue weighted by Gasteiger charge is -2.35. The number of benzene rings is 2. The summed E-state index contributed by atoms with van der Waals surface area (Å²) in [6, 6.07) is 13.4. The SMILES string of the molecule is CC1CN(C(=O)c2ccccc2Nc2ccc(F)cc2)CC(C)O1. The molecule has 0 saturated carbocycles. The Morgan fingerprint density at radius 2 is 1.71 bits per heavy atom. The number of rotatable bonds is 3. The van der Waals surface area contributed by atoms with E-state index in [2.05, 4.69) is 5.32 Å². The molecule has 1 aliphatic rings. The molecule has 4 nitrogen and oxygen atoms in total. The second-order valence-corrected chi connectivity index (χ2v) is 6.14. The lowest BCUT2D eigenvalue weighted by Crippen LogP contribution is -2.48. The van der Waals surface area contributed by atoms with Crippen LogP contribution in [0.3, 0.4) is 0 Å². The summed E-state index contributed by atoms with van der Waals surface area (Å²) in [7, 11) is 0. The maximum Gasteiger partial charge on any atom is 0.256 e. The van der Waals surface area contributed by atoms with Gasteiger partial charge in [-0.3, -0.25) is 4.79 Å². The number of carbonyl (C=O) groups excluding carboxylic acids is 1. The first-order chi connectivity index (χ1) is 11.5. The topological polar surface area (TPSA) is 41.6 Å². The summed E-state index contributed by atoms with van der Waals surface area (Å²) in [5.74, 6) is -0.316. The van der Waals surface area contributed by atoms with Gasteiger partial charge in [0.1, 0.15) is 5.82 Å². The van der Waals surface area contributed by atoms with E-state index < -0.39 is 0 Å². The molecule has 0 radical (unpaired) electrons. The van der Waals surface area contributed by atoms with Crippen LogP contribution in [0, 0.1) is 5.82 Å². The van der Waals surface area contributed by atoms with E-state index in [0.29, 0.717) is 24.3 Å². The van der Waals surface area contributed by atoms with Crippen LogP contribution >= 0.6 is 0 Å². The van der Waals surface area contributed by atoms with Crippen molar-refractivity contribution in [1.82, 2.24) is 4.90 Å². The van der Waals surface area contributed by atoms with Crippen LogP contribution in [0.2, 0.25) is 0 Å². The van der Waals surface area contributed by atoms with Gasteiger partial charge in [-0.15, -0.1) is 0 Å². The molecule has 0 spiro atoms. The Kier molecular flexibility index (Phi) is 4.81. The summed E-state index contributed by atoms with van der Waals surface area (Å²) < 4.78 is 18.7. The molecule has 3 rings (SSSR count). The zero-order chi connectivity index (χ0) is 17.1. The average Bonchev–Trinajstić information content (AvgIpc) is 2.56. The average molecular weight is 328 g/mol. The molecule has 126 valence electrons. The van der Waals surface area contributed by atoms with Crippen molar-refractivity contribution < 1.29 is 13.9 Å². The number of hydrogen-bond donors (Lipinski definition) is 1. The molecular weight excluding hydrogens is 307 g/mol. The maximum absolute atomic E-state index is 13.0. The zero-order valence-corrected chi connectivity index (χ0v) is 13.8. The number of carbonyl (C=O) groups is 1. The molecule has 1 saturated heterocycles. The summed E-state index contributed by atoms with van der Waals surface area (Å²) in [5.41, 5.74) is 2.05. The normalized spacial score (nSPS) is 20.7. The van der Waals surface area contributed by atoms with Crippen molar-refractivity contribution in [2.75, 3.05) is 18.4 Å². The molecule has 1 aliphatic heterocycles. The fourth-order valence-electron chi connectivity index (χ4n) is 2.98. The van der Waals surface area contributed by atoms with Crippen molar-refractivity contribution >= 4 is 17.3 Å². The first-order valence-corrected chi connectivity index (χ1v) is 8.09. The summed E-state index contributed by atoms with van der Waals surface area (Å²) in [4.78, 5) is 14.7. The van der Waals surface area contributed by atoms with E-state index in [4.69, 9.17) is 4.74 Å². The number of hydrogen-bond acceptors (Lipinski definition) is 3. The number of para-hydroxylation sites is 1. The number of anilines is 2. The molecule has 2 aromatic rings. The van der Waals surface area contributed by atoms with Crippen LogP contribution in [-0.4, -0.2) is 36.1 Å². The van der Waals surface area contributed by atoms with E-state index in [9.17, 15) is 9.18 Å². The number of ether oxygens (including phenoxy) is 1. The van der Waals surface area contributed by atoms with Gasteiger partial charge in [0.05, 0.1) is 23.5 Å². The second kappa shape index (κ2) is 7.01. The Bertz CT molecular complexity index is 708. The highest BCUT2D eigenvalue weighted by Gasteiger charge is 2.27. The van der Waals surface area contributed by atoms with Gasteiger partial charge < -0.3 is 15.0 Å². The standard InChI is InChI=1S/C19H21FN2O2/c1-13-11-22(12-14(2)24-13)19(23)17-5-3-4-6-18(17)21-16-9-7-15(20)8-10-16/h3-10,13-14,21H,11-12H2,1-2H3. The Hall–Kier alpha value is -2.40. The Morgan fingerprint density at radius 1 is 1.08 bits per heavy atom. The van der Waals surface area contributed by atoms with Gasteiger partial charge in [0.2, 0.25) is 0 Å². The molecule has 24 heavy (non-hydrogen) atoms. The van der Waals surface area contributed by atoms with Crippen LogP contribution in [0.1, 0.15) is 24.2 Å². The Labute approximate surface area is 141 Å². The van der Waals surface area contributed by atoms with Gasteiger partial charge in [-0.2, -0.15) is 0 Å². The molecule has 0 aliphatic carbocycles. The highest BCUT2D eigenvalue weighted by molar-refractivity contribution is 6.00. The second-order valence-electron chi connectivity index (χ2n) is 6.14.